The zero-order valence-corrected chi connectivity index (χ0v) is 15.4. The molecule has 1 aromatic carbocycles. The number of rotatable bonds is 7. The van der Waals surface area contributed by atoms with Crippen molar-refractivity contribution in [3.8, 4) is 0 Å². The van der Waals surface area contributed by atoms with E-state index in [1.54, 1.807) is 6.07 Å². The molecule has 134 valence electrons. The van der Waals surface area contributed by atoms with Crippen LogP contribution < -0.4 is 10.0 Å². The van der Waals surface area contributed by atoms with Crippen LogP contribution in [0, 0.1) is 0 Å². The molecular weight excluding hydrogens is 350 g/mol. The van der Waals surface area contributed by atoms with Crippen LogP contribution in [0.25, 0.3) is 0 Å². The van der Waals surface area contributed by atoms with Crippen molar-refractivity contribution in [1.82, 2.24) is 10.2 Å². The number of nitrogens with one attached hydrogen (secondary N) is 2. The van der Waals surface area contributed by atoms with Crippen molar-refractivity contribution in [3.63, 3.8) is 0 Å². The highest BCUT2D eigenvalue weighted by Gasteiger charge is 2.12. The first kappa shape index (κ1) is 19.0. The smallest absolute Gasteiger partial charge is 0.251 e. The predicted molar refractivity (Wildman–Crippen MR) is 97.2 cm³/mol. The lowest BCUT2D eigenvalue weighted by Crippen LogP contribution is -2.33. The zero-order chi connectivity index (χ0) is 17.6. The molecule has 0 unspecified atom stereocenters. The fourth-order valence-corrected chi connectivity index (χ4v) is 3.59. The second-order valence-electron chi connectivity index (χ2n) is 6.08. The minimum absolute atomic E-state index is 0.196. The number of sulfonamides is 1. The fraction of sp³-hybridized carbons (Fsp3) is 0.562. The van der Waals surface area contributed by atoms with Crippen LogP contribution in [-0.4, -0.2) is 51.7 Å². The number of hydrogen-bond donors (Lipinski definition) is 2. The van der Waals surface area contributed by atoms with Gasteiger partial charge in [0.15, 0.2) is 0 Å². The van der Waals surface area contributed by atoms with Gasteiger partial charge in [-0.15, -0.1) is 0 Å². The molecule has 1 heterocycles. The summed E-state index contributed by atoms with van der Waals surface area (Å²) in [5.74, 6) is -0.207. The number of halogens is 1. The number of carbonyl (C=O) groups excluding carboxylic acids is 1. The topological polar surface area (TPSA) is 78.5 Å². The molecule has 2 rings (SSSR count). The molecule has 0 bridgehead atoms. The number of nitrogens with zero attached hydrogens (tertiary/aromatic N) is 1. The van der Waals surface area contributed by atoms with E-state index >= 15 is 0 Å². The van der Waals surface area contributed by atoms with E-state index in [0.717, 1.165) is 32.3 Å². The maximum atomic E-state index is 12.1. The monoisotopic (exact) mass is 373 g/mol. The number of benzene rings is 1. The van der Waals surface area contributed by atoms with Crippen molar-refractivity contribution in [2.24, 2.45) is 0 Å². The second kappa shape index (κ2) is 8.69. The van der Waals surface area contributed by atoms with Gasteiger partial charge >= 0.3 is 0 Å². The van der Waals surface area contributed by atoms with Crippen LogP contribution in [0.15, 0.2) is 18.2 Å². The van der Waals surface area contributed by atoms with E-state index < -0.39 is 10.0 Å². The Labute approximate surface area is 148 Å². The molecule has 0 radical (unpaired) electrons. The van der Waals surface area contributed by atoms with Gasteiger partial charge in [-0.05, 0) is 57.1 Å². The summed E-state index contributed by atoms with van der Waals surface area (Å²) in [5.41, 5.74) is 0.679. The molecule has 0 atom stereocenters. The van der Waals surface area contributed by atoms with Crippen molar-refractivity contribution in [1.29, 1.82) is 0 Å². The van der Waals surface area contributed by atoms with Crippen LogP contribution in [0.5, 0.6) is 0 Å². The summed E-state index contributed by atoms with van der Waals surface area (Å²) in [7, 11) is -3.40. The lowest BCUT2D eigenvalue weighted by molar-refractivity contribution is 0.0951. The largest absolute Gasteiger partial charge is 0.352 e. The van der Waals surface area contributed by atoms with E-state index in [4.69, 9.17) is 11.6 Å². The van der Waals surface area contributed by atoms with Crippen molar-refractivity contribution < 1.29 is 13.2 Å². The third kappa shape index (κ3) is 6.30. The van der Waals surface area contributed by atoms with Gasteiger partial charge in [0.1, 0.15) is 0 Å². The summed E-state index contributed by atoms with van der Waals surface area (Å²) >= 11 is 6.03. The van der Waals surface area contributed by atoms with Crippen molar-refractivity contribution >= 4 is 33.2 Å². The molecule has 1 fully saturated rings. The van der Waals surface area contributed by atoms with Gasteiger partial charge in [-0.3, -0.25) is 9.52 Å². The molecule has 0 aromatic heterocycles. The van der Waals surface area contributed by atoms with Crippen LogP contribution in [0.1, 0.15) is 36.0 Å². The summed E-state index contributed by atoms with van der Waals surface area (Å²) in [6, 6.07) is 4.51. The number of hydrogen-bond acceptors (Lipinski definition) is 4. The first-order valence-corrected chi connectivity index (χ1v) is 10.4. The summed E-state index contributed by atoms with van der Waals surface area (Å²) in [4.78, 5) is 14.6. The quantitative estimate of drug-likeness (QED) is 0.719. The minimum Gasteiger partial charge on any atom is -0.352 e. The number of carbonyl (C=O) groups is 1. The maximum Gasteiger partial charge on any atom is 0.251 e. The first-order chi connectivity index (χ1) is 11.3. The molecule has 1 aliphatic heterocycles. The van der Waals surface area contributed by atoms with Crippen LogP contribution >= 0.6 is 11.6 Å². The average molecular weight is 374 g/mol. The van der Waals surface area contributed by atoms with Gasteiger partial charge in [-0.1, -0.05) is 18.0 Å². The molecule has 0 spiro atoms. The van der Waals surface area contributed by atoms with Gasteiger partial charge in [0.25, 0.3) is 5.91 Å². The van der Waals surface area contributed by atoms with Gasteiger partial charge in [0, 0.05) is 12.1 Å². The summed E-state index contributed by atoms with van der Waals surface area (Å²) in [6.45, 7) is 3.91. The summed E-state index contributed by atoms with van der Waals surface area (Å²) in [6.07, 6.45) is 5.80. The Morgan fingerprint density at radius 1 is 1.25 bits per heavy atom. The van der Waals surface area contributed by atoms with Gasteiger partial charge in [-0.2, -0.15) is 0 Å². The van der Waals surface area contributed by atoms with E-state index in [0.29, 0.717) is 12.1 Å². The standard InChI is InChI=1S/C16H24ClN3O3S/c1-24(22,23)19-15-7-6-13(12-14(15)17)16(21)18-8-5-11-20-9-3-2-4-10-20/h6-7,12,19H,2-5,8-11H2,1H3,(H,18,21). The van der Waals surface area contributed by atoms with Gasteiger partial charge < -0.3 is 10.2 Å². The zero-order valence-electron chi connectivity index (χ0n) is 13.8. The highest BCUT2D eigenvalue weighted by atomic mass is 35.5. The molecule has 1 saturated heterocycles. The van der Waals surface area contributed by atoms with Crippen molar-refractivity contribution in [2.45, 2.75) is 25.7 Å². The molecule has 0 aliphatic carbocycles. The highest BCUT2D eigenvalue weighted by molar-refractivity contribution is 7.92. The van der Waals surface area contributed by atoms with Crippen LogP contribution in [0.4, 0.5) is 5.69 Å². The van der Waals surface area contributed by atoms with Crippen LogP contribution in [-0.2, 0) is 10.0 Å². The van der Waals surface area contributed by atoms with E-state index in [1.807, 2.05) is 0 Å². The Bertz CT molecular complexity index is 673. The highest BCUT2D eigenvalue weighted by Crippen LogP contribution is 2.23. The van der Waals surface area contributed by atoms with Crippen LogP contribution in [0.2, 0.25) is 5.02 Å². The summed E-state index contributed by atoms with van der Waals surface area (Å²) < 4.78 is 24.8. The second-order valence-corrected chi connectivity index (χ2v) is 8.24. The molecule has 0 saturated carbocycles. The molecule has 24 heavy (non-hydrogen) atoms. The number of likely N-dealkylation sites (tertiary alicyclic amines) is 1. The van der Waals surface area contributed by atoms with E-state index in [9.17, 15) is 13.2 Å². The minimum atomic E-state index is -3.40. The molecule has 2 N–H and O–H groups in total. The Balaban J connectivity index is 1.80. The van der Waals surface area contributed by atoms with E-state index in [1.165, 1.54) is 31.4 Å². The molecular formula is C16H24ClN3O3S. The Kier molecular flexibility index (Phi) is 6.89. The molecule has 8 heteroatoms. The Morgan fingerprint density at radius 3 is 2.58 bits per heavy atom. The third-order valence-electron chi connectivity index (χ3n) is 3.91. The molecule has 1 amide bonds. The third-order valence-corrected chi connectivity index (χ3v) is 4.82. The molecule has 1 aromatic rings. The van der Waals surface area contributed by atoms with Crippen LogP contribution in [0.3, 0.4) is 0 Å². The average Bonchev–Trinajstić information content (AvgIpc) is 2.53. The first-order valence-electron chi connectivity index (χ1n) is 8.13. The normalized spacial score (nSPS) is 15.9. The lowest BCUT2D eigenvalue weighted by atomic mass is 10.1. The Hall–Kier alpha value is -1.31. The maximum absolute atomic E-state index is 12.1. The van der Waals surface area contributed by atoms with Crippen molar-refractivity contribution in [2.75, 3.05) is 37.2 Å². The molecule has 1 aliphatic rings. The number of anilines is 1. The van der Waals surface area contributed by atoms with E-state index in [2.05, 4.69) is 14.9 Å². The number of amides is 1. The SMILES string of the molecule is CS(=O)(=O)Nc1ccc(C(=O)NCCCN2CCCCC2)cc1Cl. The van der Waals surface area contributed by atoms with Gasteiger partial charge in [-0.25, -0.2) is 8.42 Å². The lowest BCUT2D eigenvalue weighted by Gasteiger charge is -2.26. The summed E-state index contributed by atoms with van der Waals surface area (Å²) in [5, 5.41) is 3.07. The fourth-order valence-electron chi connectivity index (χ4n) is 2.73. The predicted octanol–water partition coefficient (Wildman–Crippen LogP) is 2.32. The Morgan fingerprint density at radius 2 is 1.96 bits per heavy atom. The van der Waals surface area contributed by atoms with Gasteiger partial charge in [0.2, 0.25) is 10.0 Å². The number of piperidine rings is 1. The van der Waals surface area contributed by atoms with E-state index in [-0.39, 0.29) is 16.6 Å². The van der Waals surface area contributed by atoms with Gasteiger partial charge in [0.05, 0.1) is 17.0 Å². The van der Waals surface area contributed by atoms with Crippen molar-refractivity contribution in [3.05, 3.63) is 28.8 Å². The molecule has 6 nitrogen and oxygen atoms in total.